The molecule has 0 radical (unpaired) electrons. The molecular formula is C19H30IN3O2. The third-order valence-electron chi connectivity index (χ3n) is 5.16. The molecule has 3 rings (SSSR count). The molecule has 1 aromatic rings. The van der Waals surface area contributed by atoms with Gasteiger partial charge in [0.05, 0.1) is 24.9 Å². The molecule has 0 aromatic heterocycles. The highest BCUT2D eigenvalue weighted by Crippen LogP contribution is 2.43. The van der Waals surface area contributed by atoms with Gasteiger partial charge in [-0.3, -0.25) is 0 Å². The lowest BCUT2D eigenvalue weighted by Gasteiger charge is -2.52. The van der Waals surface area contributed by atoms with Crippen LogP contribution in [0.5, 0.6) is 5.75 Å². The molecule has 3 atom stereocenters. The highest BCUT2D eigenvalue weighted by molar-refractivity contribution is 14.0. The van der Waals surface area contributed by atoms with E-state index in [0.717, 1.165) is 24.2 Å². The van der Waals surface area contributed by atoms with Crippen LogP contribution in [-0.2, 0) is 4.74 Å². The second-order valence-electron chi connectivity index (χ2n) is 7.63. The Labute approximate surface area is 167 Å². The second kappa shape index (κ2) is 8.12. The lowest BCUT2D eigenvalue weighted by atomic mass is 9.64. The first-order valence-corrected chi connectivity index (χ1v) is 8.85. The molecule has 0 bridgehead atoms. The van der Waals surface area contributed by atoms with Gasteiger partial charge in [-0.05, 0) is 26.3 Å². The zero-order valence-corrected chi connectivity index (χ0v) is 17.8. The standard InChI is InChI=1S/C19H29N3O2.HI/c1-12(2)24-17-11-16(19(17,3)4)22-18(20)21-14-9-10-23-15-8-6-5-7-13(14)15;/h5-8,12,14,16-17H,9-11H2,1-4H3,(H3,20,21,22);1H. The average molecular weight is 459 g/mol. The van der Waals surface area contributed by atoms with Crippen molar-refractivity contribution < 1.29 is 9.47 Å². The molecule has 1 saturated carbocycles. The average Bonchev–Trinajstić information content (AvgIpc) is 2.54. The fraction of sp³-hybridized carbons (Fsp3) is 0.632. The minimum absolute atomic E-state index is 0. The maximum Gasteiger partial charge on any atom is 0.189 e. The molecule has 1 heterocycles. The van der Waals surface area contributed by atoms with Crippen LogP contribution in [0.4, 0.5) is 0 Å². The van der Waals surface area contributed by atoms with Crippen molar-refractivity contribution in [3.63, 3.8) is 0 Å². The quantitative estimate of drug-likeness (QED) is 0.410. The number of rotatable bonds is 4. The minimum Gasteiger partial charge on any atom is -0.493 e. The molecule has 140 valence electrons. The van der Waals surface area contributed by atoms with Crippen LogP contribution in [0.2, 0.25) is 0 Å². The Morgan fingerprint density at radius 3 is 2.76 bits per heavy atom. The van der Waals surface area contributed by atoms with Crippen LogP contribution in [-0.4, -0.2) is 30.8 Å². The van der Waals surface area contributed by atoms with Gasteiger partial charge in [-0.2, -0.15) is 0 Å². The highest BCUT2D eigenvalue weighted by Gasteiger charge is 2.49. The molecule has 0 saturated heterocycles. The van der Waals surface area contributed by atoms with Crippen molar-refractivity contribution in [2.75, 3.05) is 6.61 Å². The number of fused-ring (bicyclic) bond motifs is 1. The van der Waals surface area contributed by atoms with E-state index >= 15 is 0 Å². The first kappa shape index (κ1) is 20.3. The molecule has 6 heteroatoms. The van der Waals surface area contributed by atoms with Crippen molar-refractivity contribution in [3.05, 3.63) is 29.8 Å². The van der Waals surface area contributed by atoms with Gasteiger partial charge in [0, 0.05) is 23.4 Å². The Kier molecular flexibility index (Phi) is 6.59. The van der Waals surface area contributed by atoms with E-state index in [1.165, 1.54) is 0 Å². The maximum absolute atomic E-state index is 6.20. The van der Waals surface area contributed by atoms with E-state index in [9.17, 15) is 0 Å². The molecule has 0 amide bonds. The van der Waals surface area contributed by atoms with Gasteiger partial charge in [-0.25, -0.2) is 4.99 Å². The number of guanidine groups is 1. The number of nitrogens with zero attached hydrogens (tertiary/aromatic N) is 1. The minimum atomic E-state index is 0. The summed E-state index contributed by atoms with van der Waals surface area (Å²) in [5.41, 5.74) is 7.36. The monoisotopic (exact) mass is 459 g/mol. The Morgan fingerprint density at radius 1 is 1.36 bits per heavy atom. The van der Waals surface area contributed by atoms with Crippen molar-refractivity contribution in [2.45, 2.75) is 64.8 Å². The Balaban J connectivity index is 0.00000225. The molecule has 1 aliphatic heterocycles. The number of nitrogens with two attached hydrogens (primary N) is 1. The number of hydrogen-bond donors (Lipinski definition) is 2. The van der Waals surface area contributed by atoms with Crippen LogP contribution in [0.1, 0.15) is 52.1 Å². The van der Waals surface area contributed by atoms with Gasteiger partial charge in [0.15, 0.2) is 5.96 Å². The highest BCUT2D eigenvalue weighted by atomic mass is 127. The molecule has 5 nitrogen and oxygen atoms in total. The normalized spacial score (nSPS) is 27.6. The lowest BCUT2D eigenvalue weighted by Crippen LogP contribution is -2.63. The van der Waals surface area contributed by atoms with Crippen molar-refractivity contribution in [1.82, 2.24) is 5.32 Å². The summed E-state index contributed by atoms with van der Waals surface area (Å²) in [6, 6.07) is 8.41. The second-order valence-corrected chi connectivity index (χ2v) is 7.63. The Hall–Kier alpha value is -1.02. The van der Waals surface area contributed by atoms with E-state index in [1.807, 2.05) is 18.2 Å². The van der Waals surface area contributed by atoms with E-state index in [4.69, 9.17) is 20.2 Å². The SMILES string of the molecule is CC(C)OC1CC(NC(N)=NC2CCOc3ccccc32)C1(C)C.I. The third-order valence-corrected chi connectivity index (χ3v) is 5.16. The van der Waals surface area contributed by atoms with E-state index in [0.29, 0.717) is 18.6 Å². The summed E-state index contributed by atoms with van der Waals surface area (Å²) in [5, 5.41) is 3.39. The summed E-state index contributed by atoms with van der Waals surface area (Å²) in [6.45, 7) is 9.28. The lowest BCUT2D eigenvalue weighted by molar-refractivity contribution is -0.134. The topological polar surface area (TPSA) is 68.9 Å². The molecule has 1 fully saturated rings. The maximum atomic E-state index is 6.20. The van der Waals surface area contributed by atoms with Crippen molar-refractivity contribution in [2.24, 2.45) is 16.1 Å². The van der Waals surface area contributed by atoms with Gasteiger partial charge in [0.2, 0.25) is 0 Å². The van der Waals surface area contributed by atoms with Crippen LogP contribution in [0, 0.1) is 5.41 Å². The van der Waals surface area contributed by atoms with E-state index in [2.05, 4.69) is 39.1 Å². The first-order chi connectivity index (χ1) is 11.4. The van der Waals surface area contributed by atoms with Gasteiger partial charge in [-0.1, -0.05) is 32.0 Å². The van der Waals surface area contributed by atoms with E-state index < -0.39 is 0 Å². The molecule has 3 N–H and O–H groups in total. The predicted octanol–water partition coefficient (Wildman–Crippen LogP) is 3.62. The van der Waals surface area contributed by atoms with Crippen LogP contribution in [0.15, 0.2) is 29.3 Å². The summed E-state index contributed by atoms with van der Waals surface area (Å²) < 4.78 is 11.7. The third kappa shape index (κ3) is 4.39. The Morgan fingerprint density at radius 2 is 2.08 bits per heavy atom. The Bertz CT molecular complexity index is 618. The van der Waals surface area contributed by atoms with Crippen LogP contribution >= 0.6 is 24.0 Å². The number of halogens is 1. The van der Waals surface area contributed by atoms with E-state index in [-0.39, 0.29) is 47.6 Å². The smallest absolute Gasteiger partial charge is 0.189 e. The summed E-state index contributed by atoms with van der Waals surface area (Å²) in [4.78, 5) is 4.71. The van der Waals surface area contributed by atoms with Gasteiger partial charge >= 0.3 is 0 Å². The number of ether oxygens (including phenoxy) is 2. The molecule has 0 spiro atoms. The van der Waals surface area contributed by atoms with Crippen molar-refractivity contribution in [3.8, 4) is 5.75 Å². The molecule has 25 heavy (non-hydrogen) atoms. The number of hydrogen-bond acceptors (Lipinski definition) is 3. The summed E-state index contributed by atoms with van der Waals surface area (Å²) >= 11 is 0. The van der Waals surface area contributed by atoms with Crippen LogP contribution in [0.25, 0.3) is 0 Å². The molecule has 2 aliphatic rings. The fourth-order valence-electron chi connectivity index (χ4n) is 3.53. The van der Waals surface area contributed by atoms with Crippen LogP contribution < -0.4 is 15.8 Å². The molecular weight excluding hydrogens is 429 g/mol. The largest absolute Gasteiger partial charge is 0.493 e. The molecule has 1 aliphatic carbocycles. The fourth-order valence-corrected chi connectivity index (χ4v) is 3.53. The molecule has 3 unspecified atom stereocenters. The van der Waals surface area contributed by atoms with Crippen molar-refractivity contribution in [1.29, 1.82) is 0 Å². The van der Waals surface area contributed by atoms with Gasteiger partial charge in [0.25, 0.3) is 0 Å². The summed E-state index contributed by atoms with van der Waals surface area (Å²) in [7, 11) is 0. The predicted molar refractivity (Wildman–Crippen MR) is 112 cm³/mol. The van der Waals surface area contributed by atoms with E-state index in [1.54, 1.807) is 0 Å². The number of para-hydroxylation sites is 1. The number of nitrogens with one attached hydrogen (secondary N) is 1. The van der Waals surface area contributed by atoms with Crippen molar-refractivity contribution >= 4 is 29.9 Å². The molecule has 1 aromatic carbocycles. The number of aliphatic imine (C=N–C) groups is 1. The summed E-state index contributed by atoms with van der Waals surface area (Å²) in [6.07, 6.45) is 2.34. The first-order valence-electron chi connectivity index (χ1n) is 8.85. The van der Waals surface area contributed by atoms with Gasteiger partial charge in [0.1, 0.15) is 5.75 Å². The zero-order valence-electron chi connectivity index (χ0n) is 15.5. The van der Waals surface area contributed by atoms with Crippen LogP contribution in [0.3, 0.4) is 0 Å². The van der Waals surface area contributed by atoms with Gasteiger partial charge in [-0.15, -0.1) is 24.0 Å². The number of benzene rings is 1. The zero-order chi connectivity index (χ0) is 17.3. The van der Waals surface area contributed by atoms with Gasteiger partial charge < -0.3 is 20.5 Å². The summed E-state index contributed by atoms with van der Waals surface area (Å²) in [5.74, 6) is 1.43.